The molecule has 104 valence electrons. The van der Waals surface area contributed by atoms with E-state index in [0.717, 1.165) is 0 Å². The highest BCUT2D eigenvalue weighted by Crippen LogP contribution is 2.36. The average molecular weight is 260 g/mol. The summed E-state index contributed by atoms with van der Waals surface area (Å²) in [4.78, 5) is 14.1. The number of hydrogen-bond acceptors (Lipinski definition) is 2. The Morgan fingerprint density at radius 1 is 1.16 bits per heavy atom. The SMILES string of the molecule is Cc1cc(C)c(C2C(N)CC(=O)N2C(C)C)cc1C. The molecular weight excluding hydrogens is 236 g/mol. The molecule has 0 aromatic heterocycles. The van der Waals surface area contributed by atoms with Crippen molar-refractivity contribution in [1.82, 2.24) is 4.90 Å². The van der Waals surface area contributed by atoms with Gasteiger partial charge in [-0.25, -0.2) is 0 Å². The molecule has 1 aromatic carbocycles. The van der Waals surface area contributed by atoms with Gasteiger partial charge in [0.15, 0.2) is 0 Å². The summed E-state index contributed by atoms with van der Waals surface area (Å²) in [7, 11) is 0. The maximum atomic E-state index is 12.1. The van der Waals surface area contributed by atoms with Crippen molar-refractivity contribution in [3.63, 3.8) is 0 Å². The molecule has 2 rings (SSSR count). The molecular formula is C16H24N2O. The Morgan fingerprint density at radius 3 is 2.32 bits per heavy atom. The topological polar surface area (TPSA) is 46.3 Å². The second kappa shape index (κ2) is 4.97. The fourth-order valence-electron chi connectivity index (χ4n) is 3.07. The minimum Gasteiger partial charge on any atom is -0.332 e. The minimum absolute atomic E-state index is 0.0202. The van der Waals surface area contributed by atoms with Crippen molar-refractivity contribution in [3.8, 4) is 0 Å². The van der Waals surface area contributed by atoms with Gasteiger partial charge in [-0.3, -0.25) is 4.79 Å². The predicted octanol–water partition coefficient (Wildman–Crippen LogP) is 2.62. The first-order valence-corrected chi connectivity index (χ1v) is 6.97. The van der Waals surface area contributed by atoms with Crippen molar-refractivity contribution < 1.29 is 4.79 Å². The molecule has 0 radical (unpaired) electrons. The molecule has 2 atom stereocenters. The van der Waals surface area contributed by atoms with Gasteiger partial charge < -0.3 is 10.6 Å². The van der Waals surface area contributed by atoms with Gasteiger partial charge in [-0.05, 0) is 56.9 Å². The van der Waals surface area contributed by atoms with Crippen molar-refractivity contribution in [2.45, 2.75) is 59.2 Å². The van der Waals surface area contributed by atoms with E-state index in [2.05, 4.69) is 46.8 Å². The number of hydrogen-bond donors (Lipinski definition) is 1. The Balaban J connectivity index is 2.50. The molecule has 1 amide bonds. The second-order valence-electron chi connectivity index (χ2n) is 6.00. The van der Waals surface area contributed by atoms with E-state index in [1.54, 1.807) is 0 Å². The first-order valence-electron chi connectivity index (χ1n) is 6.97. The first-order chi connectivity index (χ1) is 8.82. The third-order valence-electron chi connectivity index (χ3n) is 4.16. The molecule has 1 aromatic rings. The Hall–Kier alpha value is -1.35. The summed E-state index contributed by atoms with van der Waals surface area (Å²) in [5.74, 6) is 0.171. The number of likely N-dealkylation sites (tertiary alicyclic amines) is 1. The fourth-order valence-corrected chi connectivity index (χ4v) is 3.07. The number of nitrogens with two attached hydrogens (primary N) is 1. The summed E-state index contributed by atoms with van der Waals surface area (Å²) >= 11 is 0. The van der Waals surface area contributed by atoms with E-state index in [4.69, 9.17) is 5.73 Å². The second-order valence-corrected chi connectivity index (χ2v) is 6.00. The van der Waals surface area contributed by atoms with Crippen LogP contribution in [0.15, 0.2) is 12.1 Å². The summed E-state index contributed by atoms with van der Waals surface area (Å²) in [5, 5.41) is 0. The van der Waals surface area contributed by atoms with Gasteiger partial charge in [-0.1, -0.05) is 12.1 Å². The lowest BCUT2D eigenvalue weighted by Crippen LogP contribution is -2.38. The maximum Gasteiger partial charge on any atom is 0.225 e. The van der Waals surface area contributed by atoms with Crippen molar-refractivity contribution >= 4 is 5.91 Å². The summed E-state index contributed by atoms with van der Waals surface area (Å²) in [5.41, 5.74) is 11.2. The smallest absolute Gasteiger partial charge is 0.225 e. The van der Waals surface area contributed by atoms with Crippen LogP contribution in [-0.4, -0.2) is 22.9 Å². The zero-order valence-corrected chi connectivity index (χ0v) is 12.5. The van der Waals surface area contributed by atoms with Crippen LogP contribution in [0.3, 0.4) is 0 Å². The van der Waals surface area contributed by atoms with E-state index < -0.39 is 0 Å². The summed E-state index contributed by atoms with van der Waals surface area (Å²) in [6.45, 7) is 10.4. The number of amides is 1. The van der Waals surface area contributed by atoms with Crippen molar-refractivity contribution in [2.24, 2.45) is 5.73 Å². The molecule has 1 aliphatic heterocycles. The Labute approximate surface area is 115 Å². The standard InChI is InChI=1S/C16H24N2O/c1-9(2)18-15(19)8-14(17)16(18)13-7-11(4)10(3)6-12(13)5/h6-7,9,14,16H,8,17H2,1-5H3. The first kappa shape index (κ1) is 14.1. The zero-order valence-electron chi connectivity index (χ0n) is 12.5. The van der Waals surface area contributed by atoms with Crippen molar-refractivity contribution in [2.75, 3.05) is 0 Å². The van der Waals surface area contributed by atoms with E-state index in [9.17, 15) is 4.79 Å². The number of rotatable bonds is 2. The molecule has 3 heteroatoms. The lowest BCUT2D eigenvalue weighted by molar-refractivity contribution is -0.130. The van der Waals surface area contributed by atoms with Gasteiger partial charge in [-0.15, -0.1) is 0 Å². The molecule has 1 aliphatic rings. The lowest BCUT2D eigenvalue weighted by atomic mass is 9.92. The Morgan fingerprint density at radius 2 is 1.74 bits per heavy atom. The molecule has 0 saturated carbocycles. The lowest BCUT2D eigenvalue weighted by Gasteiger charge is -2.32. The van der Waals surface area contributed by atoms with Crippen LogP contribution in [-0.2, 0) is 4.79 Å². The van der Waals surface area contributed by atoms with Crippen LogP contribution in [0, 0.1) is 20.8 Å². The zero-order chi connectivity index (χ0) is 14.3. The third kappa shape index (κ3) is 2.39. The van der Waals surface area contributed by atoms with Crippen LogP contribution >= 0.6 is 0 Å². The van der Waals surface area contributed by atoms with Crippen LogP contribution < -0.4 is 5.73 Å². The van der Waals surface area contributed by atoms with Gasteiger partial charge in [0.1, 0.15) is 0 Å². The Bertz CT molecular complexity index is 508. The molecule has 1 saturated heterocycles. The molecule has 0 bridgehead atoms. The normalized spacial score (nSPS) is 23.5. The summed E-state index contributed by atoms with van der Waals surface area (Å²) in [6, 6.07) is 4.50. The molecule has 0 aliphatic carbocycles. The monoisotopic (exact) mass is 260 g/mol. The van der Waals surface area contributed by atoms with Crippen LogP contribution in [0.4, 0.5) is 0 Å². The van der Waals surface area contributed by atoms with Gasteiger partial charge in [0.05, 0.1) is 6.04 Å². The quantitative estimate of drug-likeness (QED) is 0.888. The van der Waals surface area contributed by atoms with Gasteiger partial charge in [-0.2, -0.15) is 0 Å². The van der Waals surface area contributed by atoms with Crippen molar-refractivity contribution in [1.29, 1.82) is 0 Å². The van der Waals surface area contributed by atoms with E-state index in [0.29, 0.717) is 6.42 Å². The average Bonchev–Trinajstić information content (AvgIpc) is 2.59. The molecule has 1 fully saturated rings. The van der Waals surface area contributed by atoms with E-state index in [1.165, 1.54) is 22.3 Å². The van der Waals surface area contributed by atoms with Crippen molar-refractivity contribution in [3.05, 3.63) is 34.4 Å². The predicted molar refractivity (Wildman–Crippen MR) is 78.0 cm³/mol. The number of carbonyl (C=O) groups is 1. The Kier molecular flexibility index (Phi) is 3.68. The van der Waals surface area contributed by atoms with Crippen LogP contribution in [0.5, 0.6) is 0 Å². The van der Waals surface area contributed by atoms with Crippen LogP contribution in [0.1, 0.15) is 48.6 Å². The number of carbonyl (C=O) groups excluding carboxylic acids is 1. The van der Waals surface area contributed by atoms with Gasteiger partial charge >= 0.3 is 0 Å². The van der Waals surface area contributed by atoms with Crippen LogP contribution in [0.2, 0.25) is 0 Å². The number of aryl methyl sites for hydroxylation is 3. The number of benzene rings is 1. The van der Waals surface area contributed by atoms with E-state index in [1.807, 2.05) is 4.90 Å². The molecule has 2 unspecified atom stereocenters. The molecule has 3 nitrogen and oxygen atoms in total. The van der Waals surface area contributed by atoms with E-state index in [-0.39, 0.29) is 24.0 Å². The largest absolute Gasteiger partial charge is 0.332 e. The molecule has 19 heavy (non-hydrogen) atoms. The van der Waals surface area contributed by atoms with Crippen LogP contribution in [0.25, 0.3) is 0 Å². The van der Waals surface area contributed by atoms with E-state index >= 15 is 0 Å². The molecule has 1 heterocycles. The summed E-state index contributed by atoms with van der Waals surface area (Å²) < 4.78 is 0. The molecule has 0 spiro atoms. The highest BCUT2D eigenvalue weighted by molar-refractivity contribution is 5.80. The third-order valence-corrected chi connectivity index (χ3v) is 4.16. The maximum absolute atomic E-state index is 12.1. The summed E-state index contributed by atoms with van der Waals surface area (Å²) in [6.07, 6.45) is 0.454. The fraction of sp³-hybridized carbons (Fsp3) is 0.562. The number of nitrogens with zero attached hydrogens (tertiary/aromatic N) is 1. The molecule has 2 N–H and O–H groups in total. The van der Waals surface area contributed by atoms with Gasteiger partial charge in [0.2, 0.25) is 5.91 Å². The van der Waals surface area contributed by atoms with Gasteiger partial charge in [0, 0.05) is 18.5 Å². The minimum atomic E-state index is -0.101. The highest BCUT2D eigenvalue weighted by atomic mass is 16.2. The highest BCUT2D eigenvalue weighted by Gasteiger charge is 2.40. The van der Waals surface area contributed by atoms with Gasteiger partial charge in [0.25, 0.3) is 0 Å².